The molecule has 0 atom stereocenters. The Bertz CT molecular complexity index is 1030. The van der Waals surface area contributed by atoms with E-state index in [0.717, 1.165) is 39.1 Å². The number of aromatic nitrogens is 2. The highest BCUT2D eigenvalue weighted by Crippen LogP contribution is 2.24. The smallest absolute Gasteiger partial charge is 0.239 e. The minimum atomic E-state index is 0. The van der Waals surface area contributed by atoms with Crippen molar-refractivity contribution in [2.45, 2.75) is 0 Å². The Morgan fingerprint density at radius 1 is 0.667 bits per heavy atom. The number of fused-ring (bicyclic) bond motifs is 2. The van der Waals surface area contributed by atoms with Crippen molar-refractivity contribution in [1.29, 1.82) is 0 Å². The first kappa shape index (κ1) is 19.4. The van der Waals surface area contributed by atoms with Crippen LogP contribution in [0.1, 0.15) is 0 Å². The molecule has 0 fully saturated rings. The summed E-state index contributed by atoms with van der Waals surface area (Å²) >= 11 is 0. The van der Waals surface area contributed by atoms with Crippen LogP contribution in [0.4, 0.5) is 11.4 Å². The molecule has 5 heteroatoms. The normalized spacial score (nSPS) is 10.7. The molecule has 0 N–H and O–H groups in total. The molecule has 4 rings (SSSR count). The minimum Gasteiger partial charge on any atom is -1.00 e. The average molecular weight is 470 g/mol. The van der Waals surface area contributed by atoms with E-state index < -0.39 is 0 Å². The van der Waals surface area contributed by atoms with E-state index in [4.69, 9.17) is 4.98 Å². The van der Waals surface area contributed by atoms with Gasteiger partial charge in [-0.3, -0.25) is 0 Å². The zero-order valence-electron chi connectivity index (χ0n) is 16.0. The fourth-order valence-corrected chi connectivity index (χ4v) is 3.24. The van der Waals surface area contributed by atoms with Crippen LogP contribution in [-0.4, -0.2) is 33.2 Å². The van der Waals surface area contributed by atoms with Gasteiger partial charge < -0.3 is 33.8 Å². The number of hydrogen-bond acceptors (Lipinski definition) is 3. The number of benzene rings is 3. The van der Waals surface area contributed by atoms with Gasteiger partial charge in [-0.1, -0.05) is 18.2 Å². The molecular formula is C22H23IN4. The van der Waals surface area contributed by atoms with Crippen molar-refractivity contribution in [3.05, 3.63) is 66.7 Å². The molecule has 4 nitrogen and oxygen atoms in total. The Morgan fingerprint density at radius 2 is 1.15 bits per heavy atom. The monoisotopic (exact) mass is 470 g/mol. The lowest BCUT2D eigenvalue weighted by Crippen LogP contribution is -3.00. The molecule has 0 unspecified atom stereocenters. The van der Waals surface area contributed by atoms with Gasteiger partial charge in [-0.25, -0.2) is 4.98 Å². The maximum absolute atomic E-state index is 4.91. The molecule has 27 heavy (non-hydrogen) atoms. The summed E-state index contributed by atoms with van der Waals surface area (Å²) in [7, 11) is 8.25. The first-order valence-corrected chi connectivity index (χ1v) is 8.74. The molecule has 4 aromatic rings. The van der Waals surface area contributed by atoms with Crippen LogP contribution in [0.25, 0.3) is 27.8 Å². The third-order valence-electron chi connectivity index (χ3n) is 4.69. The van der Waals surface area contributed by atoms with Gasteiger partial charge in [-0.15, -0.1) is 4.57 Å². The van der Waals surface area contributed by atoms with E-state index in [0.29, 0.717) is 0 Å². The molecule has 1 heterocycles. The Kier molecular flexibility index (Phi) is 5.51. The van der Waals surface area contributed by atoms with Gasteiger partial charge in [-0.2, -0.15) is 0 Å². The lowest BCUT2D eigenvalue weighted by atomic mass is 10.1. The molecule has 0 saturated carbocycles. The van der Waals surface area contributed by atoms with Crippen LogP contribution in [-0.2, 0) is 0 Å². The van der Waals surface area contributed by atoms with E-state index in [1.54, 1.807) is 0 Å². The lowest BCUT2D eigenvalue weighted by molar-refractivity contribution is -0.538. The largest absolute Gasteiger partial charge is 1.00 e. The van der Waals surface area contributed by atoms with Crippen molar-refractivity contribution in [2.24, 2.45) is 0 Å². The zero-order chi connectivity index (χ0) is 18.3. The van der Waals surface area contributed by atoms with Gasteiger partial charge in [0.1, 0.15) is 11.0 Å². The molecule has 138 valence electrons. The third-order valence-corrected chi connectivity index (χ3v) is 4.69. The quantitative estimate of drug-likeness (QED) is 0.252. The number of anilines is 2. The van der Waals surface area contributed by atoms with E-state index >= 15 is 0 Å². The summed E-state index contributed by atoms with van der Waals surface area (Å²) in [5.74, 6) is 0. The predicted octanol–water partition coefficient (Wildman–Crippen LogP) is 0.801. The summed E-state index contributed by atoms with van der Waals surface area (Å²) in [6.45, 7) is 0. The van der Waals surface area contributed by atoms with Gasteiger partial charge in [0.15, 0.2) is 0 Å². The van der Waals surface area contributed by atoms with Gasteiger partial charge in [-0.05, 0) is 24.3 Å². The Labute approximate surface area is 177 Å². The van der Waals surface area contributed by atoms with E-state index in [1.807, 2.05) is 6.07 Å². The molecule has 0 radical (unpaired) electrons. The van der Waals surface area contributed by atoms with Crippen LogP contribution in [0.5, 0.6) is 0 Å². The van der Waals surface area contributed by atoms with E-state index in [2.05, 4.69) is 103 Å². The van der Waals surface area contributed by atoms with Crippen molar-refractivity contribution in [2.75, 3.05) is 38.0 Å². The van der Waals surface area contributed by atoms with E-state index in [9.17, 15) is 0 Å². The highest BCUT2D eigenvalue weighted by atomic mass is 127. The van der Waals surface area contributed by atoms with Crippen LogP contribution in [0.3, 0.4) is 0 Å². The van der Waals surface area contributed by atoms with Crippen LogP contribution >= 0.6 is 0 Å². The molecule has 3 aromatic carbocycles. The van der Waals surface area contributed by atoms with Gasteiger partial charge in [0.2, 0.25) is 16.7 Å². The van der Waals surface area contributed by atoms with Gasteiger partial charge >= 0.3 is 0 Å². The molecule has 0 spiro atoms. The number of para-hydroxylation sites is 1. The Balaban J connectivity index is 0.00000210. The maximum atomic E-state index is 4.91. The van der Waals surface area contributed by atoms with Crippen LogP contribution in [0.2, 0.25) is 0 Å². The van der Waals surface area contributed by atoms with Crippen LogP contribution < -0.4 is 38.3 Å². The summed E-state index contributed by atoms with van der Waals surface area (Å²) < 4.78 is 2.30. The van der Waals surface area contributed by atoms with Gasteiger partial charge in [0.25, 0.3) is 0 Å². The van der Waals surface area contributed by atoms with Gasteiger partial charge in [0, 0.05) is 63.8 Å². The highest BCUT2D eigenvalue weighted by Gasteiger charge is 2.20. The van der Waals surface area contributed by atoms with Gasteiger partial charge in [0.05, 0.1) is 0 Å². The van der Waals surface area contributed by atoms with E-state index in [1.165, 1.54) is 0 Å². The molecule has 0 bridgehead atoms. The molecular weight excluding hydrogens is 447 g/mol. The Hall–Kier alpha value is -2.41. The molecule has 0 aliphatic carbocycles. The summed E-state index contributed by atoms with van der Waals surface area (Å²) in [5, 5.41) is 0. The summed E-state index contributed by atoms with van der Waals surface area (Å²) in [6, 6.07) is 23.3. The summed E-state index contributed by atoms with van der Waals surface area (Å²) in [6.07, 6.45) is 0. The molecule has 0 aliphatic heterocycles. The first-order valence-electron chi connectivity index (χ1n) is 8.74. The fourth-order valence-electron chi connectivity index (χ4n) is 3.24. The third kappa shape index (κ3) is 3.56. The van der Waals surface area contributed by atoms with E-state index in [-0.39, 0.29) is 24.0 Å². The number of nitrogens with zero attached hydrogens (tertiary/aromatic N) is 4. The van der Waals surface area contributed by atoms with Crippen molar-refractivity contribution >= 4 is 33.4 Å². The van der Waals surface area contributed by atoms with Crippen molar-refractivity contribution in [3.63, 3.8) is 0 Å². The second-order valence-corrected chi connectivity index (χ2v) is 6.92. The SMILES string of the molecule is CN(C)c1ccc2nc3ccc(N(C)C)cc3[n+](-c3ccccc3)c2c1.[I-]. The lowest BCUT2D eigenvalue weighted by Gasteiger charge is -2.14. The van der Waals surface area contributed by atoms with Crippen LogP contribution in [0.15, 0.2) is 66.7 Å². The van der Waals surface area contributed by atoms with Crippen molar-refractivity contribution in [1.82, 2.24) is 4.98 Å². The second-order valence-electron chi connectivity index (χ2n) is 6.92. The standard InChI is InChI=1S/C22H23N4.HI/c1-24(2)17-10-12-19-21(14-17)26(16-8-6-5-7-9-16)22-15-18(25(3)4)11-13-20(22)23-19;/h5-15H,1-4H3;1H/q+1;/p-1. The fraction of sp³-hybridized carbons (Fsp3) is 0.182. The average Bonchev–Trinajstić information content (AvgIpc) is 2.65. The highest BCUT2D eigenvalue weighted by molar-refractivity contribution is 5.86. The Morgan fingerprint density at radius 3 is 1.59 bits per heavy atom. The second kappa shape index (κ2) is 7.68. The predicted molar refractivity (Wildman–Crippen MR) is 109 cm³/mol. The summed E-state index contributed by atoms with van der Waals surface area (Å²) in [5.41, 5.74) is 7.64. The molecule has 1 aromatic heterocycles. The van der Waals surface area contributed by atoms with Crippen molar-refractivity contribution in [3.8, 4) is 5.69 Å². The molecule has 0 amide bonds. The molecule has 0 saturated heterocycles. The molecule has 0 aliphatic rings. The maximum Gasteiger partial charge on any atom is 0.239 e. The summed E-state index contributed by atoms with van der Waals surface area (Å²) in [4.78, 5) is 9.15. The number of halogens is 1. The minimum absolute atomic E-state index is 0. The first-order chi connectivity index (χ1) is 12.5. The van der Waals surface area contributed by atoms with Crippen molar-refractivity contribution < 1.29 is 28.5 Å². The number of rotatable bonds is 3. The number of hydrogen-bond donors (Lipinski definition) is 0. The van der Waals surface area contributed by atoms with Crippen LogP contribution in [0, 0.1) is 0 Å². The topological polar surface area (TPSA) is 23.3 Å². The zero-order valence-corrected chi connectivity index (χ0v) is 18.2.